The van der Waals surface area contributed by atoms with Gasteiger partial charge < -0.3 is 15.5 Å². The first-order chi connectivity index (χ1) is 24.2. The van der Waals surface area contributed by atoms with Crippen molar-refractivity contribution in [2.24, 2.45) is 0 Å². The zero-order valence-electron chi connectivity index (χ0n) is 31.9. The Bertz CT molecular complexity index is 1030. The molecule has 0 heterocycles. The highest BCUT2D eigenvalue weighted by Gasteiger charge is 2.27. The molecule has 0 aliphatic rings. The summed E-state index contributed by atoms with van der Waals surface area (Å²) in [6.45, 7) is 4.36. The molecule has 7 nitrogen and oxygen atoms in total. The molecule has 0 rings (SSSR count). The molecule has 0 bridgehead atoms. The van der Waals surface area contributed by atoms with E-state index in [1.54, 1.807) is 6.08 Å². The first-order valence-corrected chi connectivity index (χ1v) is 21.7. The Hall–Kier alpha value is -2.00. The lowest BCUT2D eigenvalue weighted by atomic mass is 10.0. The maximum Gasteiger partial charge on any atom is 0.267 e. The van der Waals surface area contributed by atoms with Crippen LogP contribution in [0.5, 0.6) is 0 Å². The fraction of sp³-hybridized carbons (Fsp3) is 0.738. The van der Waals surface area contributed by atoms with E-state index in [1.165, 1.54) is 89.5 Å². The molecular formula is C42H75NO6S. The summed E-state index contributed by atoms with van der Waals surface area (Å²) < 4.78 is 32.4. The third kappa shape index (κ3) is 34.4. The van der Waals surface area contributed by atoms with Gasteiger partial charge in [-0.3, -0.25) is 9.35 Å². The third-order valence-corrected chi connectivity index (χ3v) is 9.54. The lowest BCUT2D eigenvalue weighted by Crippen LogP contribution is -2.50. The van der Waals surface area contributed by atoms with Crippen LogP contribution in [-0.4, -0.2) is 53.1 Å². The van der Waals surface area contributed by atoms with Crippen molar-refractivity contribution < 1.29 is 28.0 Å². The van der Waals surface area contributed by atoms with Gasteiger partial charge in [0.05, 0.1) is 17.9 Å². The van der Waals surface area contributed by atoms with Gasteiger partial charge in [0.2, 0.25) is 5.91 Å². The van der Waals surface area contributed by atoms with Crippen LogP contribution in [0.2, 0.25) is 0 Å². The Morgan fingerprint density at radius 3 is 1.54 bits per heavy atom. The van der Waals surface area contributed by atoms with Crippen LogP contribution in [0.4, 0.5) is 0 Å². The van der Waals surface area contributed by atoms with E-state index in [0.717, 1.165) is 57.8 Å². The normalized spacial score (nSPS) is 14.6. The SMILES string of the molecule is CC/C=C\C/C=C\CCCCCCCCCCCCCCCC(O)C(=O)NC(CS(=O)(=O)O)C(O)/C=C/CC/C=C/CC/C=C/CCCCC. The minimum atomic E-state index is -4.46. The monoisotopic (exact) mass is 722 g/mol. The van der Waals surface area contributed by atoms with Crippen LogP contribution in [0.25, 0.3) is 0 Å². The van der Waals surface area contributed by atoms with Crippen molar-refractivity contribution >= 4 is 16.0 Å². The van der Waals surface area contributed by atoms with E-state index in [4.69, 9.17) is 0 Å². The van der Waals surface area contributed by atoms with Crippen LogP contribution in [0, 0.1) is 0 Å². The lowest BCUT2D eigenvalue weighted by molar-refractivity contribution is -0.130. The molecule has 3 atom stereocenters. The summed E-state index contributed by atoms with van der Waals surface area (Å²) in [6, 6.07) is -1.26. The van der Waals surface area contributed by atoms with Crippen LogP contribution in [0.3, 0.4) is 0 Å². The summed E-state index contributed by atoms with van der Waals surface area (Å²) in [7, 11) is -4.46. The smallest absolute Gasteiger partial charge is 0.267 e. The number of carbonyl (C=O) groups excluding carboxylic acids is 1. The zero-order valence-corrected chi connectivity index (χ0v) is 32.7. The number of nitrogens with one attached hydrogen (secondary N) is 1. The van der Waals surface area contributed by atoms with Gasteiger partial charge in [-0.1, -0.05) is 164 Å². The molecule has 0 saturated carbocycles. The van der Waals surface area contributed by atoms with Crippen molar-refractivity contribution in [3.8, 4) is 0 Å². The minimum Gasteiger partial charge on any atom is -0.387 e. The molecule has 0 radical (unpaired) electrons. The second-order valence-corrected chi connectivity index (χ2v) is 15.1. The van der Waals surface area contributed by atoms with Gasteiger partial charge in [0.25, 0.3) is 10.1 Å². The molecule has 0 spiro atoms. The largest absolute Gasteiger partial charge is 0.387 e. The van der Waals surface area contributed by atoms with E-state index in [2.05, 4.69) is 67.8 Å². The molecule has 0 fully saturated rings. The van der Waals surface area contributed by atoms with Crippen molar-refractivity contribution in [2.75, 3.05) is 5.75 Å². The maximum absolute atomic E-state index is 12.6. The first kappa shape index (κ1) is 48.0. The van der Waals surface area contributed by atoms with E-state index in [-0.39, 0.29) is 6.42 Å². The summed E-state index contributed by atoms with van der Waals surface area (Å²) in [5.41, 5.74) is 0. The van der Waals surface area contributed by atoms with Crippen LogP contribution < -0.4 is 5.32 Å². The highest BCUT2D eigenvalue weighted by atomic mass is 32.2. The van der Waals surface area contributed by atoms with E-state index >= 15 is 0 Å². The van der Waals surface area contributed by atoms with E-state index < -0.39 is 40.0 Å². The quantitative estimate of drug-likeness (QED) is 0.0293. The van der Waals surface area contributed by atoms with Gasteiger partial charge in [-0.15, -0.1) is 0 Å². The first-order valence-electron chi connectivity index (χ1n) is 20.1. The van der Waals surface area contributed by atoms with Gasteiger partial charge in [0.1, 0.15) is 6.10 Å². The molecule has 8 heteroatoms. The van der Waals surface area contributed by atoms with Crippen molar-refractivity contribution in [1.82, 2.24) is 5.32 Å². The molecule has 0 aromatic carbocycles. The Kier molecular flexibility index (Phi) is 34.0. The summed E-state index contributed by atoms with van der Waals surface area (Å²) in [6.07, 6.45) is 45.7. The molecular weight excluding hydrogens is 647 g/mol. The molecule has 0 aliphatic carbocycles. The number of hydrogen-bond donors (Lipinski definition) is 4. The van der Waals surface area contributed by atoms with Gasteiger partial charge in [-0.05, 0) is 70.6 Å². The Morgan fingerprint density at radius 2 is 1.02 bits per heavy atom. The van der Waals surface area contributed by atoms with Crippen molar-refractivity contribution in [3.05, 3.63) is 60.8 Å². The summed E-state index contributed by atoms with van der Waals surface area (Å²) in [5.74, 6) is -1.57. The Morgan fingerprint density at radius 1 is 0.580 bits per heavy atom. The number of rotatable bonds is 35. The molecule has 50 heavy (non-hydrogen) atoms. The second kappa shape index (κ2) is 35.4. The lowest BCUT2D eigenvalue weighted by Gasteiger charge is -2.22. The predicted octanol–water partition coefficient (Wildman–Crippen LogP) is 10.7. The predicted molar refractivity (Wildman–Crippen MR) is 213 cm³/mol. The van der Waals surface area contributed by atoms with Gasteiger partial charge in [-0.25, -0.2) is 0 Å². The van der Waals surface area contributed by atoms with E-state index in [1.807, 2.05) is 0 Å². The summed E-state index contributed by atoms with van der Waals surface area (Å²) in [4.78, 5) is 12.6. The average Bonchev–Trinajstić information content (AvgIpc) is 3.08. The number of amides is 1. The van der Waals surface area contributed by atoms with Crippen LogP contribution >= 0.6 is 0 Å². The van der Waals surface area contributed by atoms with E-state index in [9.17, 15) is 28.0 Å². The van der Waals surface area contributed by atoms with Crippen LogP contribution in [0.15, 0.2) is 60.8 Å². The fourth-order valence-corrected chi connectivity index (χ4v) is 6.44. The second-order valence-electron chi connectivity index (χ2n) is 13.7. The standard InChI is InChI=1S/C42H75NO6S/c1-3-5-7-9-11-13-15-17-18-19-20-21-22-23-25-27-29-31-33-35-37-41(45)42(46)43-39(38-50(47,48)49)40(44)36-34-32-30-28-26-24-16-14-12-10-8-6-4-2/h5,7,11-14,26,28,34,36,39-41,44-45H,3-4,6,8-10,15-25,27,29-33,35,37-38H2,1-2H3,(H,43,46)(H,47,48,49)/b7-5-,13-11-,14-12+,28-26+,36-34+. The molecule has 0 aromatic rings. The molecule has 3 unspecified atom stereocenters. The van der Waals surface area contributed by atoms with Crippen molar-refractivity contribution in [2.45, 2.75) is 193 Å². The average molecular weight is 722 g/mol. The van der Waals surface area contributed by atoms with Gasteiger partial charge >= 0.3 is 0 Å². The third-order valence-electron chi connectivity index (χ3n) is 8.76. The molecule has 290 valence electrons. The maximum atomic E-state index is 12.6. The number of allylic oxidation sites excluding steroid dienone is 9. The molecule has 0 aliphatic heterocycles. The Balaban J connectivity index is 4.05. The topological polar surface area (TPSA) is 124 Å². The zero-order chi connectivity index (χ0) is 37.0. The minimum absolute atomic E-state index is 0.268. The highest BCUT2D eigenvalue weighted by Crippen LogP contribution is 2.14. The Labute approximate surface area is 307 Å². The van der Waals surface area contributed by atoms with Gasteiger partial charge in [0, 0.05) is 0 Å². The van der Waals surface area contributed by atoms with Gasteiger partial charge in [-0.2, -0.15) is 8.42 Å². The number of carbonyl (C=O) groups is 1. The van der Waals surface area contributed by atoms with Crippen LogP contribution in [-0.2, 0) is 14.9 Å². The molecule has 0 saturated heterocycles. The number of aliphatic hydroxyl groups is 2. The van der Waals surface area contributed by atoms with E-state index in [0.29, 0.717) is 12.8 Å². The number of aliphatic hydroxyl groups excluding tert-OH is 2. The fourth-order valence-electron chi connectivity index (χ4n) is 5.70. The number of hydrogen-bond acceptors (Lipinski definition) is 5. The summed E-state index contributed by atoms with van der Waals surface area (Å²) >= 11 is 0. The molecule has 1 amide bonds. The highest BCUT2D eigenvalue weighted by molar-refractivity contribution is 7.85. The molecule has 0 aromatic heterocycles. The van der Waals surface area contributed by atoms with Crippen LogP contribution in [0.1, 0.15) is 174 Å². The molecule has 4 N–H and O–H groups in total. The van der Waals surface area contributed by atoms with Gasteiger partial charge in [0.15, 0.2) is 0 Å². The van der Waals surface area contributed by atoms with Crippen molar-refractivity contribution in [1.29, 1.82) is 0 Å². The van der Waals surface area contributed by atoms with Crippen molar-refractivity contribution in [3.63, 3.8) is 0 Å². The number of unbranched alkanes of at least 4 members (excludes halogenated alkanes) is 18. The summed E-state index contributed by atoms with van der Waals surface area (Å²) in [5, 5.41) is 23.3.